The molecule has 2 rings (SSSR count). The summed E-state index contributed by atoms with van der Waals surface area (Å²) in [4.78, 5) is 30.4. The van der Waals surface area contributed by atoms with Gasteiger partial charge in [0.1, 0.15) is 6.42 Å². The molecule has 25 heavy (non-hydrogen) atoms. The Balaban J connectivity index is 2.50. The number of nitrogens with zero attached hydrogens (tertiary/aromatic N) is 2. The Kier molecular flexibility index (Phi) is 6.28. The van der Waals surface area contributed by atoms with E-state index in [4.69, 9.17) is 0 Å². The van der Waals surface area contributed by atoms with Crippen molar-refractivity contribution in [3.05, 3.63) is 65.0 Å². The Morgan fingerprint density at radius 2 is 1.84 bits per heavy atom. The molecule has 5 nitrogen and oxygen atoms in total. The number of aryl methyl sites for hydroxylation is 2. The van der Waals surface area contributed by atoms with Crippen LogP contribution in [-0.4, -0.2) is 35.3 Å². The highest BCUT2D eigenvalue weighted by molar-refractivity contribution is 5.97. The van der Waals surface area contributed by atoms with Crippen molar-refractivity contribution >= 4 is 11.8 Å². The van der Waals surface area contributed by atoms with Crippen LogP contribution < -0.4 is 5.32 Å². The van der Waals surface area contributed by atoms with Crippen LogP contribution in [-0.2, 0) is 9.59 Å². The number of pyridine rings is 1. The summed E-state index contributed by atoms with van der Waals surface area (Å²) < 4.78 is 0. The van der Waals surface area contributed by atoms with E-state index in [-0.39, 0.29) is 24.3 Å². The Hall–Kier alpha value is -2.69. The zero-order valence-electron chi connectivity index (χ0n) is 15.2. The Morgan fingerprint density at radius 1 is 1.16 bits per heavy atom. The van der Waals surface area contributed by atoms with Gasteiger partial charge in [0, 0.05) is 26.0 Å². The van der Waals surface area contributed by atoms with Crippen molar-refractivity contribution in [3.8, 4) is 0 Å². The Bertz CT molecular complexity index is 724. The van der Waals surface area contributed by atoms with Crippen LogP contribution in [0.3, 0.4) is 0 Å². The van der Waals surface area contributed by atoms with Crippen LogP contribution >= 0.6 is 0 Å². The first-order valence-electron chi connectivity index (χ1n) is 8.44. The van der Waals surface area contributed by atoms with E-state index in [0.717, 1.165) is 22.3 Å². The molecule has 0 fully saturated rings. The van der Waals surface area contributed by atoms with Crippen LogP contribution in [0.2, 0.25) is 0 Å². The third-order valence-electron chi connectivity index (χ3n) is 4.12. The maximum Gasteiger partial charge on any atom is 0.232 e. The molecule has 0 saturated heterocycles. The smallest absolute Gasteiger partial charge is 0.232 e. The first-order chi connectivity index (χ1) is 12.0. The van der Waals surface area contributed by atoms with Crippen LogP contribution in [0.15, 0.2) is 42.7 Å². The first-order valence-corrected chi connectivity index (χ1v) is 8.44. The van der Waals surface area contributed by atoms with Crippen LogP contribution in [0.1, 0.15) is 41.6 Å². The van der Waals surface area contributed by atoms with E-state index >= 15 is 0 Å². The molecule has 132 valence electrons. The van der Waals surface area contributed by atoms with Crippen molar-refractivity contribution in [3.63, 3.8) is 0 Å². The molecule has 5 heteroatoms. The number of carbonyl (C=O) groups is 2. The van der Waals surface area contributed by atoms with Crippen LogP contribution in [0.5, 0.6) is 0 Å². The normalized spacial score (nSPS) is 11.7. The van der Waals surface area contributed by atoms with Gasteiger partial charge in [-0.25, -0.2) is 0 Å². The predicted molar refractivity (Wildman–Crippen MR) is 98.1 cm³/mol. The summed E-state index contributed by atoms with van der Waals surface area (Å²) in [6.07, 6.45) is 3.33. The summed E-state index contributed by atoms with van der Waals surface area (Å²) in [6.45, 7) is 6.51. The summed E-state index contributed by atoms with van der Waals surface area (Å²) in [5.74, 6) is -0.483. The fourth-order valence-electron chi connectivity index (χ4n) is 3.09. The molecule has 1 N–H and O–H groups in total. The molecule has 1 heterocycles. The van der Waals surface area contributed by atoms with Crippen molar-refractivity contribution in [1.29, 1.82) is 0 Å². The van der Waals surface area contributed by atoms with Gasteiger partial charge in [0.25, 0.3) is 0 Å². The van der Waals surface area contributed by atoms with Crippen LogP contribution in [0.4, 0.5) is 0 Å². The molecule has 0 aliphatic rings. The van der Waals surface area contributed by atoms with E-state index in [2.05, 4.69) is 28.5 Å². The van der Waals surface area contributed by atoms with Crippen molar-refractivity contribution in [1.82, 2.24) is 15.2 Å². The van der Waals surface area contributed by atoms with E-state index in [1.165, 1.54) is 7.05 Å². The number of rotatable bonds is 6. The monoisotopic (exact) mass is 339 g/mol. The average Bonchev–Trinajstić information content (AvgIpc) is 2.59. The molecule has 0 saturated carbocycles. The second-order valence-corrected chi connectivity index (χ2v) is 6.14. The van der Waals surface area contributed by atoms with Gasteiger partial charge in [-0.05, 0) is 38.0 Å². The molecule has 0 radical (unpaired) electrons. The maximum absolute atomic E-state index is 12.7. The van der Waals surface area contributed by atoms with E-state index < -0.39 is 0 Å². The number of nitrogens with one attached hydrogen (secondary N) is 1. The fourth-order valence-corrected chi connectivity index (χ4v) is 3.09. The van der Waals surface area contributed by atoms with Gasteiger partial charge < -0.3 is 10.2 Å². The highest BCUT2D eigenvalue weighted by Crippen LogP contribution is 2.30. The van der Waals surface area contributed by atoms with Crippen LogP contribution in [0.25, 0.3) is 0 Å². The van der Waals surface area contributed by atoms with E-state index in [1.54, 1.807) is 17.3 Å². The molecule has 0 aliphatic carbocycles. The van der Waals surface area contributed by atoms with Gasteiger partial charge in [-0.2, -0.15) is 0 Å². The van der Waals surface area contributed by atoms with Crippen molar-refractivity contribution in [2.24, 2.45) is 0 Å². The lowest BCUT2D eigenvalue weighted by Gasteiger charge is -2.32. The number of aromatic nitrogens is 1. The van der Waals surface area contributed by atoms with Gasteiger partial charge >= 0.3 is 0 Å². The van der Waals surface area contributed by atoms with Crippen molar-refractivity contribution in [2.75, 3.05) is 13.6 Å². The minimum atomic E-state index is -0.284. The third-order valence-corrected chi connectivity index (χ3v) is 4.12. The quantitative estimate of drug-likeness (QED) is 0.823. The van der Waals surface area contributed by atoms with Gasteiger partial charge in [-0.15, -0.1) is 0 Å². The molecule has 0 spiro atoms. The summed E-state index contributed by atoms with van der Waals surface area (Å²) in [5.41, 5.74) is 4.23. The highest BCUT2D eigenvalue weighted by atomic mass is 16.2. The highest BCUT2D eigenvalue weighted by Gasteiger charge is 2.27. The predicted octanol–water partition coefficient (Wildman–Crippen LogP) is 2.77. The van der Waals surface area contributed by atoms with Gasteiger partial charge in [0.2, 0.25) is 11.8 Å². The second kappa shape index (κ2) is 8.42. The Labute approximate surface area is 149 Å². The lowest BCUT2D eigenvalue weighted by atomic mass is 9.95. The van der Waals surface area contributed by atoms with E-state index in [9.17, 15) is 9.59 Å². The van der Waals surface area contributed by atoms with Gasteiger partial charge in [0.15, 0.2) is 0 Å². The molecule has 2 amide bonds. The number of benzene rings is 1. The zero-order chi connectivity index (χ0) is 18.4. The molecule has 1 aromatic heterocycles. The first kappa shape index (κ1) is 18.6. The van der Waals surface area contributed by atoms with E-state index in [0.29, 0.717) is 6.54 Å². The second-order valence-electron chi connectivity index (χ2n) is 6.14. The number of hydrogen-bond acceptors (Lipinski definition) is 3. The van der Waals surface area contributed by atoms with Crippen molar-refractivity contribution < 1.29 is 9.59 Å². The molecule has 0 aliphatic heterocycles. The average molecular weight is 339 g/mol. The standard InChI is InChI=1S/C20H25N3O2/c1-5-23(19(25)12-18(24)21-4)20(16-7-6-8-22-13-16)17-10-14(2)9-15(3)11-17/h6-11,13,20H,5,12H2,1-4H3,(H,21,24). The number of hydrogen-bond donors (Lipinski definition) is 1. The third kappa shape index (κ3) is 4.66. The van der Waals surface area contributed by atoms with Crippen molar-refractivity contribution in [2.45, 2.75) is 33.2 Å². The van der Waals surface area contributed by atoms with E-state index in [1.807, 2.05) is 32.9 Å². The molecular formula is C20H25N3O2. The fraction of sp³-hybridized carbons (Fsp3) is 0.350. The SMILES string of the molecule is CCN(C(=O)CC(=O)NC)C(c1cccnc1)c1cc(C)cc(C)c1. The summed E-state index contributed by atoms with van der Waals surface area (Å²) in [7, 11) is 1.54. The lowest BCUT2D eigenvalue weighted by Crippen LogP contribution is -2.38. The van der Waals surface area contributed by atoms with Gasteiger partial charge in [-0.3, -0.25) is 14.6 Å². The molecular weight excluding hydrogens is 314 g/mol. The topological polar surface area (TPSA) is 62.3 Å². The summed E-state index contributed by atoms with van der Waals surface area (Å²) >= 11 is 0. The number of amides is 2. The molecule has 1 aromatic carbocycles. The molecule has 0 bridgehead atoms. The van der Waals surface area contributed by atoms with Crippen LogP contribution in [0, 0.1) is 13.8 Å². The lowest BCUT2D eigenvalue weighted by molar-refractivity contribution is -0.137. The molecule has 1 atom stereocenters. The minimum absolute atomic E-state index is 0.161. The molecule has 2 aromatic rings. The molecule has 1 unspecified atom stereocenters. The Morgan fingerprint density at radius 3 is 2.36 bits per heavy atom. The summed E-state index contributed by atoms with van der Waals surface area (Å²) in [6, 6.07) is 9.83. The largest absolute Gasteiger partial charge is 0.359 e. The maximum atomic E-state index is 12.7. The minimum Gasteiger partial charge on any atom is -0.359 e. The zero-order valence-corrected chi connectivity index (χ0v) is 15.2. The van der Waals surface area contributed by atoms with Gasteiger partial charge in [0.05, 0.1) is 6.04 Å². The number of carbonyl (C=O) groups excluding carboxylic acids is 2. The van der Waals surface area contributed by atoms with Gasteiger partial charge in [-0.1, -0.05) is 35.4 Å². The summed E-state index contributed by atoms with van der Waals surface area (Å²) in [5, 5.41) is 2.51.